The fourth-order valence-electron chi connectivity index (χ4n) is 3.22. The Morgan fingerprint density at radius 2 is 2.15 bits per heavy atom. The number of thiophene rings is 1. The molecule has 2 N–H and O–H groups in total. The van der Waals surface area contributed by atoms with Gasteiger partial charge >= 0.3 is 0 Å². The summed E-state index contributed by atoms with van der Waals surface area (Å²) in [5.41, 5.74) is 6.03. The fraction of sp³-hybridized carbons (Fsp3) is 0.600. The molecule has 3 unspecified atom stereocenters. The van der Waals surface area contributed by atoms with Gasteiger partial charge in [0.1, 0.15) is 16.5 Å². The van der Waals surface area contributed by atoms with Gasteiger partial charge in [0.2, 0.25) is 0 Å². The fourth-order valence-corrected chi connectivity index (χ4v) is 4.01. The van der Waals surface area contributed by atoms with E-state index in [1.807, 2.05) is 11.4 Å². The minimum absolute atomic E-state index is 0.579. The molecule has 0 aliphatic carbocycles. The van der Waals surface area contributed by atoms with Crippen molar-refractivity contribution in [3.63, 3.8) is 0 Å². The molecule has 0 saturated carbocycles. The number of nitrogens with two attached hydrogens (primary N) is 1. The van der Waals surface area contributed by atoms with E-state index in [1.165, 1.54) is 6.42 Å². The minimum atomic E-state index is 0.579. The Morgan fingerprint density at radius 1 is 1.35 bits per heavy atom. The normalized spacial score (nSPS) is 28.1. The standard InChI is InChI=1S/C15H22N4S/c1-9-6-10(2)11(3)19(7-9)8-13-17-14(16)12-4-5-20-15(12)18-13/h4-5,9-11H,6-8H2,1-3H3,(H2,16,17,18). The number of nitrogens with zero attached hydrogens (tertiary/aromatic N) is 3. The Labute approximate surface area is 124 Å². The Kier molecular flexibility index (Phi) is 3.65. The Hall–Kier alpha value is -1.20. The molecule has 20 heavy (non-hydrogen) atoms. The lowest BCUT2D eigenvalue weighted by Gasteiger charge is -2.40. The molecule has 1 aliphatic heterocycles. The van der Waals surface area contributed by atoms with Crippen molar-refractivity contribution in [3.8, 4) is 0 Å². The van der Waals surface area contributed by atoms with Crippen molar-refractivity contribution < 1.29 is 0 Å². The molecule has 0 aromatic carbocycles. The van der Waals surface area contributed by atoms with Crippen LogP contribution in [0.4, 0.5) is 5.82 Å². The lowest BCUT2D eigenvalue weighted by molar-refractivity contribution is 0.0707. The molecule has 3 rings (SSSR count). The topological polar surface area (TPSA) is 55.0 Å². The van der Waals surface area contributed by atoms with Crippen molar-refractivity contribution in [2.45, 2.75) is 39.8 Å². The van der Waals surface area contributed by atoms with Gasteiger partial charge < -0.3 is 5.73 Å². The molecule has 1 aliphatic rings. The molecular formula is C15H22N4S. The van der Waals surface area contributed by atoms with Crippen LogP contribution in [0.5, 0.6) is 0 Å². The van der Waals surface area contributed by atoms with E-state index in [1.54, 1.807) is 11.3 Å². The van der Waals surface area contributed by atoms with Gasteiger partial charge in [-0.3, -0.25) is 4.90 Å². The molecule has 1 saturated heterocycles. The van der Waals surface area contributed by atoms with Crippen molar-refractivity contribution in [3.05, 3.63) is 17.3 Å². The molecule has 2 aromatic rings. The van der Waals surface area contributed by atoms with Crippen LogP contribution in [0.1, 0.15) is 33.0 Å². The summed E-state index contributed by atoms with van der Waals surface area (Å²) in [5.74, 6) is 2.92. The highest BCUT2D eigenvalue weighted by Crippen LogP contribution is 2.29. The molecule has 4 nitrogen and oxygen atoms in total. The monoisotopic (exact) mass is 290 g/mol. The average Bonchev–Trinajstić information content (AvgIpc) is 2.84. The van der Waals surface area contributed by atoms with Gasteiger partial charge in [-0.25, -0.2) is 9.97 Å². The van der Waals surface area contributed by atoms with Crippen LogP contribution in [0, 0.1) is 11.8 Å². The Morgan fingerprint density at radius 3 is 2.95 bits per heavy atom. The van der Waals surface area contributed by atoms with Gasteiger partial charge in [0, 0.05) is 12.6 Å². The van der Waals surface area contributed by atoms with E-state index in [0.29, 0.717) is 11.9 Å². The predicted molar refractivity (Wildman–Crippen MR) is 84.6 cm³/mol. The molecular weight excluding hydrogens is 268 g/mol. The number of hydrogen-bond acceptors (Lipinski definition) is 5. The molecule has 0 bridgehead atoms. The summed E-state index contributed by atoms with van der Waals surface area (Å²) in [6.07, 6.45) is 1.31. The highest BCUT2D eigenvalue weighted by Gasteiger charge is 2.29. The smallest absolute Gasteiger partial charge is 0.146 e. The van der Waals surface area contributed by atoms with Gasteiger partial charge in [-0.05, 0) is 36.6 Å². The number of piperidine rings is 1. The predicted octanol–water partition coefficient (Wildman–Crippen LogP) is 3.14. The third kappa shape index (κ3) is 2.52. The maximum atomic E-state index is 6.03. The van der Waals surface area contributed by atoms with E-state index in [4.69, 9.17) is 5.73 Å². The molecule has 1 fully saturated rings. The summed E-state index contributed by atoms with van der Waals surface area (Å²) in [6, 6.07) is 2.57. The van der Waals surface area contributed by atoms with Crippen molar-refractivity contribution in [2.75, 3.05) is 12.3 Å². The van der Waals surface area contributed by atoms with E-state index in [-0.39, 0.29) is 0 Å². The number of rotatable bonds is 2. The van der Waals surface area contributed by atoms with E-state index < -0.39 is 0 Å². The molecule has 3 atom stereocenters. The summed E-state index contributed by atoms with van der Waals surface area (Å²) in [4.78, 5) is 12.6. The highest BCUT2D eigenvalue weighted by molar-refractivity contribution is 7.16. The van der Waals surface area contributed by atoms with E-state index >= 15 is 0 Å². The van der Waals surface area contributed by atoms with Crippen molar-refractivity contribution >= 4 is 27.4 Å². The SMILES string of the molecule is CC1CC(C)C(C)N(Cc2nc(N)c3ccsc3n2)C1. The van der Waals surface area contributed by atoms with Crippen molar-refractivity contribution in [1.82, 2.24) is 14.9 Å². The van der Waals surface area contributed by atoms with E-state index in [0.717, 1.165) is 41.0 Å². The zero-order chi connectivity index (χ0) is 14.3. The molecule has 0 radical (unpaired) electrons. The van der Waals surface area contributed by atoms with Gasteiger partial charge in [0.15, 0.2) is 0 Å². The highest BCUT2D eigenvalue weighted by atomic mass is 32.1. The number of fused-ring (bicyclic) bond motifs is 1. The zero-order valence-corrected chi connectivity index (χ0v) is 13.2. The van der Waals surface area contributed by atoms with Gasteiger partial charge in [-0.15, -0.1) is 11.3 Å². The molecule has 5 heteroatoms. The number of nitrogen functional groups attached to an aromatic ring is 1. The zero-order valence-electron chi connectivity index (χ0n) is 12.3. The second kappa shape index (κ2) is 5.30. The van der Waals surface area contributed by atoms with Crippen LogP contribution in [0.15, 0.2) is 11.4 Å². The van der Waals surface area contributed by atoms with Crippen molar-refractivity contribution in [1.29, 1.82) is 0 Å². The first-order valence-electron chi connectivity index (χ1n) is 7.28. The van der Waals surface area contributed by atoms with Crippen LogP contribution in [0.25, 0.3) is 10.2 Å². The Bertz CT molecular complexity index is 609. The van der Waals surface area contributed by atoms with Crippen LogP contribution >= 0.6 is 11.3 Å². The summed E-state index contributed by atoms with van der Waals surface area (Å²) in [6.45, 7) is 8.90. The third-order valence-electron chi connectivity index (χ3n) is 4.47. The van der Waals surface area contributed by atoms with Gasteiger partial charge in [0.05, 0.1) is 11.9 Å². The van der Waals surface area contributed by atoms with Gasteiger partial charge in [-0.1, -0.05) is 13.8 Å². The van der Waals surface area contributed by atoms with Gasteiger partial charge in [-0.2, -0.15) is 0 Å². The molecule has 0 spiro atoms. The third-order valence-corrected chi connectivity index (χ3v) is 5.27. The molecule has 3 heterocycles. The molecule has 2 aromatic heterocycles. The molecule has 0 amide bonds. The average molecular weight is 290 g/mol. The maximum Gasteiger partial charge on any atom is 0.146 e. The quantitative estimate of drug-likeness (QED) is 0.923. The number of hydrogen-bond donors (Lipinski definition) is 1. The van der Waals surface area contributed by atoms with Crippen LogP contribution in [-0.4, -0.2) is 27.5 Å². The minimum Gasteiger partial charge on any atom is -0.383 e. The second-order valence-corrected chi connectivity index (χ2v) is 7.05. The number of likely N-dealkylation sites (tertiary alicyclic amines) is 1. The first-order chi connectivity index (χ1) is 9.54. The maximum absolute atomic E-state index is 6.03. The lowest BCUT2D eigenvalue weighted by Crippen LogP contribution is -2.45. The van der Waals surface area contributed by atoms with Crippen molar-refractivity contribution in [2.24, 2.45) is 11.8 Å². The summed E-state index contributed by atoms with van der Waals surface area (Å²) < 4.78 is 0. The van der Waals surface area contributed by atoms with E-state index in [9.17, 15) is 0 Å². The second-order valence-electron chi connectivity index (χ2n) is 6.15. The lowest BCUT2D eigenvalue weighted by atomic mass is 9.86. The van der Waals surface area contributed by atoms with E-state index in [2.05, 4.69) is 35.6 Å². The van der Waals surface area contributed by atoms with Crippen LogP contribution in [0.3, 0.4) is 0 Å². The largest absolute Gasteiger partial charge is 0.383 e. The summed E-state index contributed by atoms with van der Waals surface area (Å²) >= 11 is 1.63. The first-order valence-corrected chi connectivity index (χ1v) is 8.16. The number of aromatic nitrogens is 2. The molecule has 108 valence electrons. The van der Waals surface area contributed by atoms with Crippen LogP contribution in [-0.2, 0) is 6.54 Å². The van der Waals surface area contributed by atoms with Crippen LogP contribution in [0.2, 0.25) is 0 Å². The summed E-state index contributed by atoms with van der Waals surface area (Å²) in [7, 11) is 0. The number of anilines is 1. The first kappa shape index (κ1) is 13.8. The van der Waals surface area contributed by atoms with Gasteiger partial charge in [0.25, 0.3) is 0 Å². The Balaban J connectivity index is 1.84. The van der Waals surface area contributed by atoms with Crippen LogP contribution < -0.4 is 5.73 Å². The summed E-state index contributed by atoms with van der Waals surface area (Å²) in [5, 5.41) is 3.00.